The number of hydrogen-bond acceptors (Lipinski definition) is 6. The normalized spacial score (nSPS) is 12.4. The lowest BCUT2D eigenvalue weighted by molar-refractivity contribution is 0.0959. The number of amidine groups is 1. The molecule has 0 radical (unpaired) electrons. The number of hydrogen-bond donors (Lipinski definition) is 6. The van der Waals surface area contributed by atoms with Gasteiger partial charge in [0.1, 0.15) is 11.7 Å². The van der Waals surface area contributed by atoms with Gasteiger partial charge in [-0.25, -0.2) is 11.4 Å². The molecule has 0 fully saturated rings. The maximum Gasteiger partial charge on any atom is 0.251 e. The number of benzene rings is 1. The van der Waals surface area contributed by atoms with Crippen molar-refractivity contribution in [2.75, 3.05) is 6.54 Å². The fourth-order valence-electron chi connectivity index (χ4n) is 2.67. The minimum Gasteiger partial charge on any atom is -0.384 e. The second kappa shape index (κ2) is 12.5. The number of nitrogens with one attached hydrogen (secondary N) is 3. The highest BCUT2D eigenvalue weighted by atomic mass is 16.1. The standard InChI is InChI=1S/C23H37N7O/c1-16(2)7-6-8-20(24)28-19(13-14-23(3,4)5)17-9-11-18(12-10-17)22(31)27-15-21(25)29-30-26/h7,9-12,16,19,28,30H,13-15,24,26H2,1-5H3,(H2,25,29)(H,27,31)/t19-/m1/s1. The van der Waals surface area contributed by atoms with Gasteiger partial charge < -0.3 is 22.1 Å². The third-order valence-electron chi connectivity index (χ3n) is 4.35. The number of nitrogens with zero attached hydrogens (tertiary/aromatic N) is 1. The number of carbonyl (C=O) groups is 1. The molecule has 1 atom stereocenters. The van der Waals surface area contributed by atoms with E-state index in [1.54, 1.807) is 12.1 Å². The molecule has 0 aliphatic rings. The van der Waals surface area contributed by atoms with E-state index in [9.17, 15) is 4.79 Å². The van der Waals surface area contributed by atoms with Crippen molar-refractivity contribution in [2.45, 2.75) is 53.5 Å². The van der Waals surface area contributed by atoms with Gasteiger partial charge in [0.2, 0.25) is 0 Å². The number of amides is 1. The van der Waals surface area contributed by atoms with Crippen LogP contribution < -0.4 is 33.5 Å². The zero-order chi connectivity index (χ0) is 23.4. The summed E-state index contributed by atoms with van der Waals surface area (Å²) >= 11 is 0. The Morgan fingerprint density at radius 2 is 1.84 bits per heavy atom. The maximum absolute atomic E-state index is 12.3. The molecule has 31 heavy (non-hydrogen) atoms. The number of carbonyl (C=O) groups excluding carboxylic acids is 1. The largest absolute Gasteiger partial charge is 0.384 e. The van der Waals surface area contributed by atoms with Gasteiger partial charge in [-0.15, -0.1) is 0 Å². The molecule has 0 aliphatic heterocycles. The zero-order valence-corrected chi connectivity index (χ0v) is 19.3. The molecule has 8 nitrogen and oxygen atoms in total. The molecular formula is C23H37N7O. The van der Waals surface area contributed by atoms with E-state index in [4.69, 9.17) is 17.3 Å². The summed E-state index contributed by atoms with van der Waals surface area (Å²) in [6, 6.07) is 7.39. The molecule has 1 aromatic rings. The Balaban J connectivity index is 2.98. The van der Waals surface area contributed by atoms with Crippen LogP contribution in [0.3, 0.4) is 0 Å². The quantitative estimate of drug-likeness (QED) is 0.111. The second-order valence-corrected chi connectivity index (χ2v) is 8.93. The van der Waals surface area contributed by atoms with E-state index in [1.807, 2.05) is 18.2 Å². The van der Waals surface area contributed by atoms with E-state index < -0.39 is 0 Å². The number of hydrazine groups is 1. The summed E-state index contributed by atoms with van der Waals surface area (Å²) in [5.41, 5.74) is 21.5. The number of rotatable bonds is 10. The summed E-state index contributed by atoms with van der Waals surface area (Å²) in [4.78, 5) is 12.3. The topological polar surface area (TPSA) is 144 Å². The molecule has 8 heteroatoms. The molecule has 0 heterocycles. The lowest BCUT2D eigenvalue weighted by Gasteiger charge is -2.25. The molecule has 9 N–H and O–H groups in total. The van der Waals surface area contributed by atoms with Gasteiger partial charge in [0.15, 0.2) is 0 Å². The molecule has 0 saturated heterocycles. The van der Waals surface area contributed by atoms with Crippen molar-refractivity contribution < 1.29 is 4.79 Å². The molecular weight excluding hydrogens is 390 g/mol. The minimum atomic E-state index is -0.248. The van der Waals surface area contributed by atoms with Crippen LogP contribution in [0, 0.1) is 11.3 Å². The van der Waals surface area contributed by atoms with Gasteiger partial charge >= 0.3 is 0 Å². The maximum atomic E-state index is 12.3. The third-order valence-corrected chi connectivity index (χ3v) is 4.35. The van der Waals surface area contributed by atoms with E-state index in [2.05, 4.69) is 67.4 Å². The summed E-state index contributed by atoms with van der Waals surface area (Å²) in [5, 5.41) is 9.62. The van der Waals surface area contributed by atoms with Crippen LogP contribution in [0.25, 0.3) is 0 Å². The van der Waals surface area contributed by atoms with Crippen LogP contribution in [0.2, 0.25) is 0 Å². The molecule has 0 aromatic heterocycles. The highest BCUT2D eigenvalue weighted by Gasteiger charge is 2.18. The van der Waals surface area contributed by atoms with Crippen LogP contribution in [-0.4, -0.2) is 18.3 Å². The Morgan fingerprint density at radius 3 is 2.39 bits per heavy atom. The molecule has 0 bridgehead atoms. The van der Waals surface area contributed by atoms with Crippen molar-refractivity contribution >= 4 is 11.7 Å². The average molecular weight is 428 g/mol. The summed E-state index contributed by atoms with van der Waals surface area (Å²) in [6.07, 6.45) is 3.79. The number of allylic oxidation sites excluding steroid dienone is 1. The van der Waals surface area contributed by atoms with Crippen LogP contribution in [0.5, 0.6) is 0 Å². The van der Waals surface area contributed by atoms with Gasteiger partial charge in [0, 0.05) is 5.56 Å². The highest BCUT2D eigenvalue weighted by molar-refractivity contribution is 5.97. The molecule has 1 aromatic carbocycles. The fourth-order valence-corrected chi connectivity index (χ4v) is 2.67. The van der Waals surface area contributed by atoms with Gasteiger partial charge in [0.05, 0.1) is 12.6 Å². The Labute approximate surface area is 185 Å². The van der Waals surface area contributed by atoms with E-state index in [-0.39, 0.29) is 29.7 Å². The Kier molecular flexibility index (Phi) is 10.4. The first kappa shape index (κ1) is 25.9. The Morgan fingerprint density at radius 1 is 1.19 bits per heavy atom. The van der Waals surface area contributed by atoms with Crippen LogP contribution in [0.1, 0.15) is 69.4 Å². The molecule has 1 amide bonds. The van der Waals surface area contributed by atoms with Crippen molar-refractivity contribution in [2.24, 2.45) is 33.7 Å². The molecule has 0 spiro atoms. The van der Waals surface area contributed by atoms with E-state index in [1.165, 1.54) is 0 Å². The lowest BCUT2D eigenvalue weighted by Crippen LogP contribution is -2.35. The summed E-state index contributed by atoms with van der Waals surface area (Å²) < 4.78 is 0. The first-order valence-electron chi connectivity index (χ1n) is 10.4. The van der Waals surface area contributed by atoms with Gasteiger partial charge in [-0.3, -0.25) is 4.79 Å². The molecule has 0 aliphatic carbocycles. The molecule has 0 saturated carbocycles. The van der Waals surface area contributed by atoms with Crippen LogP contribution in [0.15, 0.2) is 52.7 Å². The molecule has 170 valence electrons. The number of nitrogens with two attached hydrogens (primary N) is 3. The van der Waals surface area contributed by atoms with Crippen LogP contribution >= 0.6 is 0 Å². The zero-order valence-electron chi connectivity index (χ0n) is 19.3. The lowest BCUT2D eigenvalue weighted by atomic mass is 9.87. The van der Waals surface area contributed by atoms with E-state index >= 15 is 0 Å². The summed E-state index contributed by atoms with van der Waals surface area (Å²) in [6.45, 7) is 10.8. The van der Waals surface area contributed by atoms with Gasteiger partial charge in [-0.1, -0.05) is 52.5 Å². The predicted octanol–water partition coefficient (Wildman–Crippen LogP) is 2.38. The van der Waals surface area contributed by atoms with Crippen LogP contribution in [-0.2, 0) is 0 Å². The number of hydrazone groups is 1. The van der Waals surface area contributed by atoms with Crippen molar-refractivity contribution in [1.29, 1.82) is 0 Å². The average Bonchev–Trinajstić information content (AvgIpc) is 2.68. The van der Waals surface area contributed by atoms with Gasteiger partial charge in [-0.2, -0.15) is 5.10 Å². The summed E-state index contributed by atoms with van der Waals surface area (Å²) in [5.74, 6) is 5.80. The Hall–Kier alpha value is -3.18. The smallest absolute Gasteiger partial charge is 0.251 e. The second-order valence-electron chi connectivity index (χ2n) is 8.93. The minimum absolute atomic E-state index is 0.0110. The van der Waals surface area contributed by atoms with E-state index in [0.717, 1.165) is 18.4 Å². The van der Waals surface area contributed by atoms with Crippen molar-refractivity contribution in [1.82, 2.24) is 16.2 Å². The predicted molar refractivity (Wildman–Crippen MR) is 126 cm³/mol. The fraction of sp³-hybridized carbons (Fsp3) is 0.478. The third kappa shape index (κ3) is 11.0. The van der Waals surface area contributed by atoms with Gasteiger partial charge in [-0.05, 0) is 53.7 Å². The van der Waals surface area contributed by atoms with Crippen molar-refractivity contribution in [3.05, 3.63) is 58.8 Å². The first-order valence-corrected chi connectivity index (χ1v) is 10.4. The molecule has 0 unspecified atom stereocenters. The van der Waals surface area contributed by atoms with E-state index in [0.29, 0.717) is 17.3 Å². The summed E-state index contributed by atoms with van der Waals surface area (Å²) in [7, 11) is 0. The van der Waals surface area contributed by atoms with Crippen molar-refractivity contribution in [3.8, 4) is 0 Å². The SMILES string of the molecule is CC(C)C=C=C=C(N)N[C@H](CCC(C)(C)C)c1ccc(C(=O)NC/C(N)=N/NN)cc1. The highest BCUT2D eigenvalue weighted by Crippen LogP contribution is 2.28. The van der Waals surface area contributed by atoms with Crippen molar-refractivity contribution in [3.63, 3.8) is 0 Å². The monoisotopic (exact) mass is 427 g/mol. The first-order chi connectivity index (χ1) is 14.5. The molecule has 1 rings (SSSR count). The van der Waals surface area contributed by atoms with Crippen LogP contribution in [0.4, 0.5) is 0 Å². The Bertz CT molecular complexity index is 838. The van der Waals surface area contributed by atoms with Gasteiger partial charge in [0.25, 0.3) is 5.91 Å².